The number of benzene rings is 2. The number of carbonyl (C=O) groups excluding carboxylic acids is 1. The van der Waals surface area contributed by atoms with Gasteiger partial charge in [0.05, 0.1) is 0 Å². The lowest BCUT2D eigenvalue weighted by atomic mass is 10.2. The molecule has 0 aliphatic carbocycles. The molecule has 3 rings (SSSR count). The third kappa shape index (κ3) is 4.67. The number of rotatable bonds is 5. The molecule has 0 radical (unpaired) electrons. The number of carbonyl (C=O) groups is 1. The maximum absolute atomic E-state index is 12.4. The summed E-state index contributed by atoms with van der Waals surface area (Å²) in [6.07, 6.45) is 1.66. The fraction of sp³-hybridized carbons (Fsp3) is 0.100. The summed E-state index contributed by atoms with van der Waals surface area (Å²) in [5.74, 6) is -0.225. The van der Waals surface area contributed by atoms with Crippen molar-refractivity contribution in [3.63, 3.8) is 0 Å². The monoisotopic (exact) mass is 395 g/mol. The Labute approximate surface area is 155 Å². The van der Waals surface area contributed by atoms with E-state index in [0.717, 1.165) is 22.4 Å². The summed E-state index contributed by atoms with van der Waals surface area (Å²) < 4.78 is 0.966. The van der Waals surface area contributed by atoms with Gasteiger partial charge in [-0.15, -0.1) is 0 Å². The van der Waals surface area contributed by atoms with Crippen molar-refractivity contribution in [3.05, 3.63) is 88.7 Å². The van der Waals surface area contributed by atoms with Crippen LogP contribution in [0.2, 0.25) is 0 Å². The molecule has 0 bridgehead atoms. The van der Waals surface area contributed by atoms with Crippen LogP contribution in [0.5, 0.6) is 0 Å². The molecule has 126 valence electrons. The summed E-state index contributed by atoms with van der Waals surface area (Å²) in [6, 6.07) is 21.4. The first-order valence-corrected chi connectivity index (χ1v) is 8.69. The van der Waals surface area contributed by atoms with Crippen LogP contribution < -0.4 is 10.2 Å². The number of anilines is 2. The molecule has 1 heterocycles. The summed E-state index contributed by atoms with van der Waals surface area (Å²) in [5, 5.41) is 2.86. The Morgan fingerprint density at radius 2 is 1.80 bits per heavy atom. The zero-order valence-corrected chi connectivity index (χ0v) is 15.4. The van der Waals surface area contributed by atoms with E-state index in [2.05, 4.69) is 43.3 Å². The molecular weight excluding hydrogens is 378 g/mol. The van der Waals surface area contributed by atoms with Crippen molar-refractivity contribution in [2.75, 3.05) is 17.3 Å². The molecule has 0 saturated heterocycles. The highest BCUT2D eigenvalue weighted by Gasteiger charge is 2.10. The Kier molecular flexibility index (Phi) is 5.46. The first-order valence-electron chi connectivity index (χ1n) is 7.90. The molecule has 0 aliphatic rings. The molecule has 4 nitrogen and oxygen atoms in total. The first-order chi connectivity index (χ1) is 12.1. The number of halogens is 1. The molecule has 25 heavy (non-hydrogen) atoms. The number of hydrogen-bond acceptors (Lipinski definition) is 3. The van der Waals surface area contributed by atoms with Crippen molar-refractivity contribution >= 4 is 33.2 Å². The minimum absolute atomic E-state index is 0.225. The van der Waals surface area contributed by atoms with Crippen molar-refractivity contribution in [3.8, 4) is 0 Å². The van der Waals surface area contributed by atoms with Gasteiger partial charge >= 0.3 is 0 Å². The summed E-state index contributed by atoms with van der Waals surface area (Å²) in [5.41, 5.74) is 3.28. The van der Waals surface area contributed by atoms with Gasteiger partial charge in [-0.25, -0.2) is 0 Å². The van der Waals surface area contributed by atoms with Gasteiger partial charge in [0, 0.05) is 35.6 Å². The van der Waals surface area contributed by atoms with Gasteiger partial charge in [0.15, 0.2) is 0 Å². The normalized spacial score (nSPS) is 10.3. The number of aromatic nitrogens is 1. The Bertz CT molecular complexity index is 850. The Hall–Kier alpha value is -2.66. The number of nitrogens with one attached hydrogen (secondary N) is 1. The van der Waals surface area contributed by atoms with E-state index in [1.165, 1.54) is 5.56 Å². The number of pyridine rings is 1. The summed E-state index contributed by atoms with van der Waals surface area (Å²) in [4.78, 5) is 18.7. The topological polar surface area (TPSA) is 45.2 Å². The molecule has 0 atom stereocenters. The molecular formula is C20H18BrN3O. The lowest BCUT2D eigenvalue weighted by molar-refractivity contribution is 0.102. The minimum atomic E-state index is -0.225. The van der Waals surface area contributed by atoms with Gasteiger partial charge in [-0.1, -0.05) is 46.3 Å². The van der Waals surface area contributed by atoms with E-state index in [-0.39, 0.29) is 5.91 Å². The molecule has 0 saturated carbocycles. The highest BCUT2D eigenvalue weighted by molar-refractivity contribution is 9.10. The maximum atomic E-state index is 12.4. The van der Waals surface area contributed by atoms with Gasteiger partial charge in [0.1, 0.15) is 5.69 Å². The van der Waals surface area contributed by atoms with Crippen LogP contribution in [0.15, 0.2) is 77.4 Å². The number of hydrogen-bond donors (Lipinski definition) is 1. The van der Waals surface area contributed by atoms with E-state index in [1.807, 2.05) is 55.6 Å². The lowest BCUT2D eigenvalue weighted by Crippen LogP contribution is -2.18. The molecule has 0 aliphatic heterocycles. The predicted molar refractivity (Wildman–Crippen MR) is 105 cm³/mol. The van der Waals surface area contributed by atoms with Crippen LogP contribution in [0.1, 0.15) is 16.1 Å². The van der Waals surface area contributed by atoms with E-state index in [4.69, 9.17) is 0 Å². The van der Waals surface area contributed by atoms with Crippen LogP contribution in [0.3, 0.4) is 0 Å². The quantitative estimate of drug-likeness (QED) is 0.678. The summed E-state index contributed by atoms with van der Waals surface area (Å²) in [7, 11) is 2.00. The van der Waals surface area contributed by atoms with Crippen molar-refractivity contribution in [2.24, 2.45) is 0 Å². The minimum Gasteiger partial charge on any atom is -0.370 e. The molecule has 1 aromatic heterocycles. The predicted octanol–water partition coefficient (Wildman–Crippen LogP) is 4.73. The van der Waals surface area contributed by atoms with Gasteiger partial charge < -0.3 is 10.2 Å². The van der Waals surface area contributed by atoms with Crippen molar-refractivity contribution in [1.29, 1.82) is 0 Å². The Morgan fingerprint density at radius 3 is 2.52 bits per heavy atom. The van der Waals surface area contributed by atoms with Gasteiger partial charge in [0.25, 0.3) is 5.91 Å². The highest BCUT2D eigenvalue weighted by atomic mass is 79.9. The lowest BCUT2D eigenvalue weighted by Gasteiger charge is -2.19. The van der Waals surface area contributed by atoms with E-state index >= 15 is 0 Å². The SMILES string of the molecule is CN(Cc1ccccc1)c1ccnc(C(=O)Nc2ccc(Br)cc2)c1. The second-order valence-electron chi connectivity index (χ2n) is 5.70. The molecule has 5 heteroatoms. The smallest absolute Gasteiger partial charge is 0.274 e. The van der Waals surface area contributed by atoms with Crippen molar-refractivity contribution in [1.82, 2.24) is 4.98 Å². The second-order valence-corrected chi connectivity index (χ2v) is 6.62. The van der Waals surface area contributed by atoms with Crippen LogP contribution in [0.4, 0.5) is 11.4 Å². The largest absolute Gasteiger partial charge is 0.370 e. The Morgan fingerprint density at radius 1 is 1.08 bits per heavy atom. The third-order valence-corrected chi connectivity index (χ3v) is 4.31. The van der Waals surface area contributed by atoms with Gasteiger partial charge in [-0.3, -0.25) is 9.78 Å². The zero-order chi connectivity index (χ0) is 17.6. The first kappa shape index (κ1) is 17.2. The summed E-state index contributed by atoms with van der Waals surface area (Å²) in [6.45, 7) is 0.763. The molecule has 0 unspecified atom stereocenters. The van der Waals surface area contributed by atoms with E-state index in [9.17, 15) is 4.79 Å². The molecule has 0 fully saturated rings. The fourth-order valence-electron chi connectivity index (χ4n) is 2.46. The zero-order valence-electron chi connectivity index (χ0n) is 13.8. The average Bonchev–Trinajstić information content (AvgIpc) is 2.64. The maximum Gasteiger partial charge on any atom is 0.274 e. The van der Waals surface area contributed by atoms with Crippen LogP contribution in [0, 0.1) is 0 Å². The molecule has 2 aromatic carbocycles. The van der Waals surface area contributed by atoms with Crippen molar-refractivity contribution < 1.29 is 4.79 Å². The average molecular weight is 396 g/mol. The summed E-state index contributed by atoms with van der Waals surface area (Å²) >= 11 is 3.38. The second kappa shape index (κ2) is 7.94. The van der Waals surface area contributed by atoms with Crippen molar-refractivity contribution in [2.45, 2.75) is 6.54 Å². The highest BCUT2D eigenvalue weighted by Crippen LogP contribution is 2.18. The molecule has 3 aromatic rings. The van der Waals surface area contributed by atoms with E-state index in [0.29, 0.717) is 5.69 Å². The van der Waals surface area contributed by atoms with Crippen LogP contribution >= 0.6 is 15.9 Å². The fourth-order valence-corrected chi connectivity index (χ4v) is 2.72. The molecule has 0 spiro atoms. The van der Waals surface area contributed by atoms with Gasteiger partial charge in [-0.05, 0) is 42.0 Å². The third-order valence-electron chi connectivity index (χ3n) is 3.78. The number of amides is 1. The standard InChI is InChI=1S/C20H18BrN3O/c1-24(14-15-5-3-2-4-6-15)18-11-12-22-19(13-18)20(25)23-17-9-7-16(21)8-10-17/h2-13H,14H2,1H3,(H,23,25). The van der Waals surface area contributed by atoms with E-state index in [1.54, 1.807) is 12.3 Å². The van der Waals surface area contributed by atoms with Crippen LogP contribution in [-0.2, 0) is 6.54 Å². The van der Waals surface area contributed by atoms with Gasteiger partial charge in [-0.2, -0.15) is 0 Å². The van der Waals surface area contributed by atoms with Crippen LogP contribution in [0.25, 0.3) is 0 Å². The Balaban J connectivity index is 1.72. The number of nitrogens with zero attached hydrogens (tertiary/aromatic N) is 2. The van der Waals surface area contributed by atoms with Gasteiger partial charge in [0.2, 0.25) is 0 Å². The molecule has 1 N–H and O–H groups in total. The van der Waals surface area contributed by atoms with Crippen LogP contribution in [-0.4, -0.2) is 17.9 Å². The van der Waals surface area contributed by atoms with E-state index < -0.39 is 0 Å². The molecule has 1 amide bonds.